The fraction of sp³-hybridized carbons (Fsp3) is 0.500. The summed E-state index contributed by atoms with van der Waals surface area (Å²) >= 11 is 0. The second-order valence-corrected chi connectivity index (χ2v) is 7.75. The predicted molar refractivity (Wildman–Crippen MR) is 89.8 cm³/mol. The van der Waals surface area contributed by atoms with Gasteiger partial charge in [0.05, 0.1) is 24.1 Å². The molecule has 1 fully saturated rings. The molecule has 2 rings (SSSR count). The number of halogens is 1. The third-order valence-electron chi connectivity index (χ3n) is 4.35. The molecule has 1 aromatic rings. The van der Waals surface area contributed by atoms with E-state index in [4.69, 9.17) is 5.11 Å². The molecule has 0 amide bonds. The van der Waals surface area contributed by atoms with Gasteiger partial charge in [0.2, 0.25) is 10.0 Å². The van der Waals surface area contributed by atoms with E-state index < -0.39 is 27.8 Å². The number of nitrogens with one attached hydrogen (secondary N) is 1. The topological polar surface area (TPSA) is 113 Å². The number of carbonyl (C=O) groups is 2. The van der Waals surface area contributed by atoms with Crippen molar-refractivity contribution in [3.05, 3.63) is 29.6 Å². The van der Waals surface area contributed by atoms with Gasteiger partial charge < -0.3 is 9.84 Å². The highest BCUT2D eigenvalue weighted by atomic mass is 32.2. The van der Waals surface area contributed by atoms with E-state index in [2.05, 4.69) is 9.46 Å². The quantitative estimate of drug-likeness (QED) is 0.634. The molecule has 0 radical (unpaired) electrons. The van der Waals surface area contributed by atoms with Crippen molar-refractivity contribution in [2.45, 2.75) is 36.7 Å². The smallest absolute Gasteiger partial charge is 0.340 e. The number of rotatable bonds is 8. The molecule has 0 aromatic heterocycles. The molecule has 0 unspecified atom stereocenters. The summed E-state index contributed by atoms with van der Waals surface area (Å²) in [5.41, 5.74) is -0.345. The van der Waals surface area contributed by atoms with E-state index in [-0.39, 0.29) is 29.1 Å². The van der Waals surface area contributed by atoms with E-state index in [1.165, 1.54) is 0 Å². The zero-order valence-corrected chi connectivity index (χ0v) is 15.3. The van der Waals surface area contributed by atoms with Crippen LogP contribution in [0.1, 0.15) is 30.1 Å². The highest BCUT2D eigenvalue weighted by molar-refractivity contribution is 7.89. The largest absolute Gasteiger partial charge is 0.480 e. The van der Waals surface area contributed by atoms with Crippen molar-refractivity contribution >= 4 is 22.0 Å². The number of aliphatic carboxylic acids is 1. The van der Waals surface area contributed by atoms with E-state index in [0.717, 1.165) is 25.3 Å². The van der Waals surface area contributed by atoms with Gasteiger partial charge in [0.15, 0.2) is 0 Å². The number of methoxy groups -OCH3 is 1. The minimum Gasteiger partial charge on any atom is -0.480 e. The van der Waals surface area contributed by atoms with Crippen molar-refractivity contribution in [2.75, 3.05) is 20.2 Å². The molecule has 1 aliphatic rings. The maximum Gasteiger partial charge on any atom is 0.340 e. The Bertz CT molecular complexity index is 792. The molecule has 0 saturated heterocycles. The zero-order chi connectivity index (χ0) is 19.5. The first-order valence-electron chi connectivity index (χ1n) is 8.04. The van der Waals surface area contributed by atoms with E-state index in [1.54, 1.807) is 4.90 Å². The molecule has 8 nitrogen and oxygen atoms in total. The Hall–Kier alpha value is -2.04. The predicted octanol–water partition coefficient (Wildman–Crippen LogP) is 0.828. The molecular weight excluding hydrogens is 367 g/mol. The van der Waals surface area contributed by atoms with Gasteiger partial charge in [-0.05, 0) is 37.6 Å². The van der Waals surface area contributed by atoms with Crippen LogP contribution in [0.2, 0.25) is 0 Å². The SMILES string of the molecule is CCN(CC(=O)O)C1CC(NS(=O)(=O)c2ccc(C(=O)OC)c(F)c2)C1. The highest BCUT2D eigenvalue weighted by Gasteiger charge is 2.36. The number of benzene rings is 1. The number of carbonyl (C=O) groups excluding carboxylic acids is 1. The Morgan fingerprint density at radius 3 is 2.54 bits per heavy atom. The number of esters is 1. The number of ether oxygens (including phenoxy) is 1. The summed E-state index contributed by atoms with van der Waals surface area (Å²) in [6.07, 6.45) is 0.951. The van der Waals surface area contributed by atoms with Gasteiger partial charge in [-0.15, -0.1) is 0 Å². The summed E-state index contributed by atoms with van der Waals surface area (Å²) in [6.45, 7) is 2.30. The second-order valence-electron chi connectivity index (χ2n) is 6.03. The third kappa shape index (κ3) is 4.57. The molecule has 0 atom stereocenters. The van der Waals surface area contributed by atoms with E-state index in [1.807, 2.05) is 6.92 Å². The average molecular weight is 388 g/mol. The number of carboxylic acids is 1. The van der Waals surface area contributed by atoms with Crippen molar-refractivity contribution in [3.8, 4) is 0 Å². The van der Waals surface area contributed by atoms with Crippen LogP contribution in [0.3, 0.4) is 0 Å². The van der Waals surface area contributed by atoms with E-state index in [9.17, 15) is 22.4 Å². The van der Waals surface area contributed by atoms with Crippen molar-refractivity contribution in [1.82, 2.24) is 9.62 Å². The highest BCUT2D eigenvalue weighted by Crippen LogP contribution is 2.27. The van der Waals surface area contributed by atoms with Crippen LogP contribution < -0.4 is 4.72 Å². The number of sulfonamides is 1. The lowest BCUT2D eigenvalue weighted by Gasteiger charge is -2.42. The number of hydrogen-bond acceptors (Lipinski definition) is 6. The van der Waals surface area contributed by atoms with Gasteiger partial charge in [-0.3, -0.25) is 9.69 Å². The fourth-order valence-corrected chi connectivity index (χ4v) is 4.15. The van der Waals surface area contributed by atoms with Gasteiger partial charge in [0.1, 0.15) is 5.82 Å². The number of likely N-dealkylation sites (N-methyl/N-ethyl adjacent to an activating group) is 1. The number of hydrogen-bond donors (Lipinski definition) is 2. The van der Waals surface area contributed by atoms with Gasteiger partial charge in [0, 0.05) is 12.1 Å². The standard InChI is InChI=1S/C16H21FN2O6S/c1-3-19(9-15(20)21)11-6-10(7-11)18-26(23,24)12-4-5-13(14(17)8-12)16(22)25-2/h4-5,8,10-11,18H,3,6-7,9H2,1-2H3,(H,20,21). The molecular formula is C16H21FN2O6S. The lowest BCUT2D eigenvalue weighted by atomic mass is 9.86. The molecule has 144 valence electrons. The average Bonchev–Trinajstić information content (AvgIpc) is 2.55. The first kappa shape index (κ1) is 20.3. The summed E-state index contributed by atoms with van der Waals surface area (Å²) in [6, 6.07) is 2.60. The lowest BCUT2D eigenvalue weighted by molar-refractivity contribution is -0.139. The first-order chi connectivity index (χ1) is 12.2. The van der Waals surface area contributed by atoms with Crippen LogP contribution in [0.15, 0.2) is 23.1 Å². The van der Waals surface area contributed by atoms with Crippen molar-refractivity contribution in [3.63, 3.8) is 0 Å². The molecule has 2 N–H and O–H groups in total. The van der Waals surface area contributed by atoms with Gasteiger partial charge >= 0.3 is 11.9 Å². The summed E-state index contributed by atoms with van der Waals surface area (Å²) in [5.74, 6) is -2.80. The lowest BCUT2D eigenvalue weighted by Crippen LogP contribution is -2.54. The van der Waals surface area contributed by atoms with Crippen LogP contribution in [0.4, 0.5) is 4.39 Å². The summed E-state index contributed by atoms with van der Waals surface area (Å²) < 4.78 is 45.5. The number of nitrogens with zero attached hydrogens (tertiary/aromatic N) is 1. The minimum atomic E-state index is -3.95. The maximum absolute atomic E-state index is 13.9. The zero-order valence-electron chi connectivity index (χ0n) is 14.4. The van der Waals surface area contributed by atoms with E-state index in [0.29, 0.717) is 19.4 Å². The Labute approximate surface area is 151 Å². The molecule has 1 aromatic carbocycles. The molecule has 0 aliphatic heterocycles. The van der Waals surface area contributed by atoms with Gasteiger partial charge in [-0.25, -0.2) is 22.3 Å². The molecule has 10 heteroatoms. The normalized spacial score (nSPS) is 19.8. The monoisotopic (exact) mass is 388 g/mol. The Morgan fingerprint density at radius 1 is 1.38 bits per heavy atom. The van der Waals surface area contributed by atoms with Crippen LogP contribution in [0.25, 0.3) is 0 Å². The Kier molecular flexibility index (Phi) is 6.32. The van der Waals surface area contributed by atoms with Gasteiger partial charge in [-0.2, -0.15) is 0 Å². The number of carboxylic acid groups (broad SMARTS) is 1. The summed E-state index contributed by atoms with van der Waals surface area (Å²) in [4.78, 5) is 23.6. The fourth-order valence-electron chi connectivity index (χ4n) is 2.88. The van der Waals surface area contributed by atoms with Crippen LogP contribution in [0, 0.1) is 5.82 Å². The van der Waals surface area contributed by atoms with Crippen LogP contribution >= 0.6 is 0 Å². The second kappa shape index (κ2) is 8.11. The Balaban J connectivity index is 2.01. The van der Waals surface area contributed by atoms with Crippen LogP contribution in [-0.2, 0) is 19.6 Å². The molecule has 0 spiro atoms. The molecule has 26 heavy (non-hydrogen) atoms. The van der Waals surface area contributed by atoms with E-state index >= 15 is 0 Å². The van der Waals surface area contributed by atoms with Gasteiger partial charge in [-0.1, -0.05) is 6.92 Å². The van der Waals surface area contributed by atoms with Crippen LogP contribution in [-0.4, -0.2) is 62.6 Å². The van der Waals surface area contributed by atoms with Crippen molar-refractivity contribution in [1.29, 1.82) is 0 Å². The molecule has 0 bridgehead atoms. The van der Waals surface area contributed by atoms with Crippen molar-refractivity contribution < 1.29 is 32.2 Å². The molecule has 0 heterocycles. The first-order valence-corrected chi connectivity index (χ1v) is 9.52. The minimum absolute atomic E-state index is 0.0118. The van der Waals surface area contributed by atoms with Gasteiger partial charge in [0.25, 0.3) is 0 Å². The van der Waals surface area contributed by atoms with Crippen LogP contribution in [0.5, 0.6) is 0 Å². The molecule has 1 aliphatic carbocycles. The Morgan fingerprint density at radius 2 is 2.04 bits per heavy atom. The molecule has 1 saturated carbocycles. The summed E-state index contributed by atoms with van der Waals surface area (Å²) in [5, 5.41) is 8.87. The summed E-state index contributed by atoms with van der Waals surface area (Å²) in [7, 11) is -2.85. The van der Waals surface area contributed by atoms with Crippen molar-refractivity contribution in [2.24, 2.45) is 0 Å². The maximum atomic E-state index is 13.9. The third-order valence-corrected chi connectivity index (χ3v) is 5.87.